The van der Waals surface area contributed by atoms with Crippen LogP contribution in [0.2, 0.25) is 10.0 Å². The van der Waals surface area contributed by atoms with E-state index in [1.807, 2.05) is 11.8 Å². The molecule has 0 bridgehead atoms. The van der Waals surface area contributed by atoms with Gasteiger partial charge in [0.1, 0.15) is 0 Å². The van der Waals surface area contributed by atoms with Gasteiger partial charge in [0, 0.05) is 18.3 Å². The smallest absolute Gasteiger partial charge is 0.260 e. The van der Waals surface area contributed by atoms with E-state index in [-0.39, 0.29) is 12.5 Å². The zero-order valence-corrected chi connectivity index (χ0v) is 12.2. The van der Waals surface area contributed by atoms with Crippen LogP contribution in [-0.4, -0.2) is 30.0 Å². The van der Waals surface area contributed by atoms with E-state index in [1.54, 1.807) is 12.1 Å². The first kappa shape index (κ1) is 14.3. The summed E-state index contributed by atoms with van der Waals surface area (Å²) in [6, 6.07) is 3.47. The molecule has 1 fully saturated rings. The number of benzene rings is 1. The topological polar surface area (TPSA) is 55.6 Å². The number of hydrogen-bond acceptors (Lipinski definition) is 3. The molecule has 0 spiro atoms. The molecule has 0 heterocycles. The van der Waals surface area contributed by atoms with Gasteiger partial charge in [-0.15, -0.1) is 0 Å². The van der Waals surface area contributed by atoms with Crippen molar-refractivity contribution >= 4 is 34.8 Å². The average Bonchev–Trinajstić information content (AvgIpc) is 3.13. The predicted octanol–water partition coefficient (Wildman–Crippen LogP) is 2.97. The maximum Gasteiger partial charge on any atom is 0.260 e. The van der Waals surface area contributed by atoms with E-state index in [0.29, 0.717) is 34.1 Å². The molecule has 2 N–H and O–H groups in total. The van der Waals surface area contributed by atoms with Crippen LogP contribution < -0.4 is 10.5 Å². The summed E-state index contributed by atoms with van der Waals surface area (Å²) in [5.74, 6) is 0.256. The maximum absolute atomic E-state index is 12.0. The largest absolute Gasteiger partial charge is 0.481 e. The fourth-order valence-corrected chi connectivity index (χ4v) is 2.57. The highest BCUT2D eigenvalue weighted by molar-refractivity contribution is 6.37. The lowest BCUT2D eigenvalue weighted by Crippen LogP contribution is -2.36. The van der Waals surface area contributed by atoms with E-state index >= 15 is 0 Å². The third kappa shape index (κ3) is 3.45. The number of hydrogen-bond donors (Lipinski definition) is 1. The Kier molecular flexibility index (Phi) is 4.42. The van der Waals surface area contributed by atoms with Crippen molar-refractivity contribution in [2.75, 3.05) is 18.9 Å². The molecule has 1 aromatic rings. The zero-order chi connectivity index (χ0) is 14.0. The molecule has 0 aromatic heterocycles. The molecule has 1 aliphatic rings. The van der Waals surface area contributed by atoms with Gasteiger partial charge < -0.3 is 15.4 Å². The highest BCUT2D eigenvalue weighted by Crippen LogP contribution is 2.35. The lowest BCUT2D eigenvalue weighted by Gasteiger charge is -2.20. The number of rotatable bonds is 5. The second-order valence-electron chi connectivity index (χ2n) is 4.51. The maximum atomic E-state index is 12.0. The molecule has 0 aliphatic heterocycles. The summed E-state index contributed by atoms with van der Waals surface area (Å²) in [6.45, 7) is 2.59. The van der Waals surface area contributed by atoms with Crippen molar-refractivity contribution in [3.05, 3.63) is 22.2 Å². The summed E-state index contributed by atoms with van der Waals surface area (Å²) in [5.41, 5.74) is 6.06. The Labute approximate surface area is 122 Å². The zero-order valence-electron chi connectivity index (χ0n) is 10.7. The van der Waals surface area contributed by atoms with Crippen molar-refractivity contribution in [2.45, 2.75) is 25.8 Å². The second-order valence-corrected chi connectivity index (χ2v) is 5.33. The van der Waals surface area contributed by atoms with Gasteiger partial charge in [-0.25, -0.2) is 0 Å². The normalized spacial score (nSPS) is 14.3. The van der Waals surface area contributed by atoms with Crippen molar-refractivity contribution < 1.29 is 9.53 Å². The molecule has 1 aliphatic carbocycles. The minimum atomic E-state index is -0.0618. The SMILES string of the molecule is CCN(C(=O)COc1c(Cl)cc(N)cc1Cl)C1CC1. The van der Waals surface area contributed by atoms with Gasteiger partial charge >= 0.3 is 0 Å². The van der Waals surface area contributed by atoms with Crippen LogP contribution in [0.5, 0.6) is 5.75 Å². The van der Waals surface area contributed by atoms with Gasteiger partial charge in [0.25, 0.3) is 5.91 Å². The molecule has 2 rings (SSSR count). The summed E-state index contributed by atoms with van der Waals surface area (Å²) in [6.07, 6.45) is 2.14. The van der Waals surface area contributed by atoms with E-state index in [1.165, 1.54) is 0 Å². The minimum Gasteiger partial charge on any atom is -0.481 e. The Morgan fingerprint density at radius 3 is 2.47 bits per heavy atom. The summed E-state index contributed by atoms with van der Waals surface area (Å²) in [4.78, 5) is 13.8. The number of carbonyl (C=O) groups excluding carboxylic acids is 1. The van der Waals surface area contributed by atoms with E-state index in [9.17, 15) is 4.79 Å². The van der Waals surface area contributed by atoms with Gasteiger partial charge in [-0.2, -0.15) is 0 Å². The van der Waals surface area contributed by atoms with Crippen LogP contribution in [0.1, 0.15) is 19.8 Å². The van der Waals surface area contributed by atoms with Gasteiger partial charge in [-0.05, 0) is 31.9 Å². The van der Waals surface area contributed by atoms with E-state index < -0.39 is 0 Å². The number of amides is 1. The van der Waals surface area contributed by atoms with Crippen molar-refractivity contribution in [1.82, 2.24) is 4.90 Å². The molecule has 4 nitrogen and oxygen atoms in total. The first-order valence-corrected chi connectivity index (χ1v) is 6.95. The Morgan fingerprint density at radius 2 is 2.00 bits per heavy atom. The standard InChI is InChI=1S/C13H16Cl2N2O2/c1-2-17(9-3-4-9)12(18)7-19-13-10(14)5-8(16)6-11(13)15/h5-6,9H,2-4,7,16H2,1H3. The van der Waals surface area contributed by atoms with Crippen LogP contribution >= 0.6 is 23.2 Å². The number of ether oxygens (including phenoxy) is 1. The molecular weight excluding hydrogens is 287 g/mol. The van der Waals surface area contributed by atoms with Gasteiger partial charge in [0.15, 0.2) is 12.4 Å². The van der Waals surface area contributed by atoms with Gasteiger partial charge in [-0.3, -0.25) is 4.79 Å². The first-order chi connectivity index (χ1) is 9.02. The molecule has 1 aromatic carbocycles. The summed E-state index contributed by atoms with van der Waals surface area (Å²) >= 11 is 12.0. The summed E-state index contributed by atoms with van der Waals surface area (Å²) < 4.78 is 5.43. The summed E-state index contributed by atoms with van der Waals surface area (Å²) in [7, 11) is 0. The van der Waals surface area contributed by atoms with Crippen LogP contribution in [-0.2, 0) is 4.79 Å². The number of anilines is 1. The van der Waals surface area contributed by atoms with Crippen molar-refractivity contribution in [2.24, 2.45) is 0 Å². The van der Waals surface area contributed by atoms with E-state index in [0.717, 1.165) is 12.8 Å². The molecular formula is C13H16Cl2N2O2. The highest BCUT2D eigenvalue weighted by atomic mass is 35.5. The number of nitrogens with zero attached hydrogens (tertiary/aromatic N) is 1. The molecule has 0 radical (unpaired) electrons. The average molecular weight is 303 g/mol. The molecule has 104 valence electrons. The Bertz CT molecular complexity index is 467. The number of carbonyl (C=O) groups is 1. The quantitative estimate of drug-likeness (QED) is 0.851. The molecule has 0 atom stereocenters. The lowest BCUT2D eigenvalue weighted by molar-refractivity contribution is -0.133. The number of nitrogen functional groups attached to an aromatic ring is 1. The molecule has 0 unspecified atom stereocenters. The monoisotopic (exact) mass is 302 g/mol. The van der Waals surface area contributed by atoms with Crippen molar-refractivity contribution in [3.8, 4) is 5.75 Å². The molecule has 19 heavy (non-hydrogen) atoms. The fraction of sp³-hybridized carbons (Fsp3) is 0.462. The van der Waals surface area contributed by atoms with Gasteiger partial charge in [0.2, 0.25) is 0 Å². The van der Waals surface area contributed by atoms with E-state index in [2.05, 4.69) is 0 Å². The van der Waals surface area contributed by atoms with Crippen molar-refractivity contribution in [3.63, 3.8) is 0 Å². The van der Waals surface area contributed by atoms with Crippen LogP contribution in [0, 0.1) is 0 Å². The predicted molar refractivity (Wildman–Crippen MR) is 76.8 cm³/mol. The third-order valence-electron chi connectivity index (χ3n) is 3.01. The van der Waals surface area contributed by atoms with Crippen LogP contribution in [0.4, 0.5) is 5.69 Å². The van der Waals surface area contributed by atoms with E-state index in [4.69, 9.17) is 33.7 Å². The highest BCUT2D eigenvalue weighted by Gasteiger charge is 2.31. The number of nitrogens with two attached hydrogens (primary N) is 1. The van der Waals surface area contributed by atoms with Crippen LogP contribution in [0.15, 0.2) is 12.1 Å². The Morgan fingerprint density at radius 1 is 1.42 bits per heavy atom. The summed E-state index contributed by atoms with van der Waals surface area (Å²) in [5, 5.41) is 0.625. The molecule has 1 amide bonds. The molecule has 6 heteroatoms. The lowest BCUT2D eigenvalue weighted by atomic mass is 10.3. The first-order valence-electron chi connectivity index (χ1n) is 6.19. The number of halogens is 2. The van der Waals surface area contributed by atoms with Crippen LogP contribution in [0.25, 0.3) is 0 Å². The van der Waals surface area contributed by atoms with Crippen molar-refractivity contribution in [1.29, 1.82) is 0 Å². The fourth-order valence-electron chi connectivity index (χ4n) is 1.96. The second kappa shape index (κ2) is 5.88. The Hall–Kier alpha value is -1.13. The molecule has 1 saturated carbocycles. The minimum absolute atomic E-state index is 0.0473. The molecule has 0 saturated heterocycles. The Balaban J connectivity index is 2.00. The van der Waals surface area contributed by atoms with Gasteiger partial charge in [0.05, 0.1) is 10.0 Å². The van der Waals surface area contributed by atoms with Crippen LogP contribution in [0.3, 0.4) is 0 Å². The number of likely N-dealkylation sites (N-methyl/N-ethyl adjacent to an activating group) is 1. The van der Waals surface area contributed by atoms with Gasteiger partial charge in [-0.1, -0.05) is 23.2 Å². The third-order valence-corrected chi connectivity index (χ3v) is 3.57.